The maximum Gasteiger partial charge on any atom is 0.295 e. The molecule has 3 aromatic carbocycles. The van der Waals surface area contributed by atoms with Crippen LogP contribution in [0.3, 0.4) is 0 Å². The number of amides is 1. The molecule has 0 spiro atoms. The van der Waals surface area contributed by atoms with Gasteiger partial charge in [-0.25, -0.2) is 4.39 Å². The topological polar surface area (TPSA) is 70.8 Å². The van der Waals surface area contributed by atoms with Crippen molar-refractivity contribution in [2.24, 2.45) is 0 Å². The molecule has 1 unspecified atom stereocenters. The van der Waals surface area contributed by atoms with Crippen molar-refractivity contribution in [2.45, 2.75) is 19.9 Å². The van der Waals surface area contributed by atoms with Crippen LogP contribution in [0.1, 0.15) is 38.9 Å². The van der Waals surface area contributed by atoms with Crippen LogP contribution < -0.4 is 10.3 Å². The molecule has 0 fully saturated rings. The summed E-state index contributed by atoms with van der Waals surface area (Å²) in [6.07, 6.45) is 0. The standard InChI is InChI=1S/C25H18FNO4/c1-13-11-19-20(12-14(13)2)31-24-21(23(19)29)22(15-3-9-18(28)10-4-15)27(25(24)30)17-7-5-16(26)6-8-17/h3-12,22,28H,1-2H3. The van der Waals surface area contributed by atoms with Crippen molar-refractivity contribution in [2.75, 3.05) is 4.90 Å². The highest BCUT2D eigenvalue weighted by Gasteiger charge is 2.43. The lowest BCUT2D eigenvalue weighted by Gasteiger charge is -2.25. The summed E-state index contributed by atoms with van der Waals surface area (Å²) in [7, 11) is 0. The highest BCUT2D eigenvalue weighted by atomic mass is 19.1. The maximum absolute atomic E-state index is 13.6. The monoisotopic (exact) mass is 415 g/mol. The Kier molecular flexibility index (Phi) is 4.18. The van der Waals surface area contributed by atoms with Gasteiger partial charge in [0, 0.05) is 5.69 Å². The zero-order valence-corrected chi connectivity index (χ0v) is 16.8. The molecule has 0 saturated heterocycles. The zero-order chi connectivity index (χ0) is 21.9. The number of fused-ring (bicyclic) bond motifs is 2. The Labute approximate surface area is 177 Å². The Morgan fingerprint density at radius 1 is 0.935 bits per heavy atom. The number of halogens is 1. The largest absolute Gasteiger partial charge is 0.508 e. The molecular formula is C25H18FNO4. The van der Waals surface area contributed by atoms with Crippen molar-refractivity contribution < 1.29 is 18.7 Å². The molecule has 0 radical (unpaired) electrons. The van der Waals surface area contributed by atoms with Gasteiger partial charge in [-0.3, -0.25) is 14.5 Å². The van der Waals surface area contributed by atoms with Crippen molar-refractivity contribution in [3.63, 3.8) is 0 Å². The second-order valence-electron chi connectivity index (χ2n) is 7.75. The molecule has 1 N–H and O–H groups in total. The van der Waals surface area contributed by atoms with Crippen LogP contribution in [0.5, 0.6) is 5.75 Å². The molecule has 1 aliphatic rings. The summed E-state index contributed by atoms with van der Waals surface area (Å²) in [5.41, 5.74) is 3.26. The zero-order valence-electron chi connectivity index (χ0n) is 16.8. The van der Waals surface area contributed by atoms with Crippen molar-refractivity contribution in [1.82, 2.24) is 0 Å². The second-order valence-corrected chi connectivity index (χ2v) is 7.75. The van der Waals surface area contributed by atoms with E-state index in [1.54, 1.807) is 24.3 Å². The number of benzene rings is 3. The second kappa shape index (κ2) is 6.80. The number of phenols is 1. The van der Waals surface area contributed by atoms with Gasteiger partial charge in [0.1, 0.15) is 17.1 Å². The van der Waals surface area contributed by atoms with Gasteiger partial charge in [-0.1, -0.05) is 12.1 Å². The van der Waals surface area contributed by atoms with Gasteiger partial charge in [0.15, 0.2) is 5.43 Å². The van der Waals surface area contributed by atoms with E-state index in [9.17, 15) is 19.1 Å². The number of anilines is 1. The van der Waals surface area contributed by atoms with Crippen LogP contribution in [0.25, 0.3) is 11.0 Å². The minimum Gasteiger partial charge on any atom is -0.508 e. The van der Waals surface area contributed by atoms with Crippen LogP contribution in [0.4, 0.5) is 10.1 Å². The molecule has 154 valence electrons. The van der Waals surface area contributed by atoms with Gasteiger partial charge >= 0.3 is 0 Å². The summed E-state index contributed by atoms with van der Waals surface area (Å²) in [4.78, 5) is 28.4. The Morgan fingerprint density at radius 3 is 2.26 bits per heavy atom. The lowest BCUT2D eigenvalue weighted by atomic mass is 9.97. The van der Waals surface area contributed by atoms with Gasteiger partial charge in [-0.15, -0.1) is 0 Å². The van der Waals surface area contributed by atoms with E-state index in [1.807, 2.05) is 13.8 Å². The lowest BCUT2D eigenvalue weighted by molar-refractivity contribution is 0.0971. The average molecular weight is 415 g/mol. The van der Waals surface area contributed by atoms with Crippen molar-refractivity contribution >= 4 is 22.6 Å². The molecule has 5 rings (SSSR count). The number of carbonyl (C=O) groups is 1. The Hall–Kier alpha value is -3.93. The van der Waals surface area contributed by atoms with Crippen molar-refractivity contribution in [3.8, 4) is 5.75 Å². The number of aryl methyl sites for hydroxylation is 2. The van der Waals surface area contributed by atoms with Crippen LogP contribution >= 0.6 is 0 Å². The summed E-state index contributed by atoms with van der Waals surface area (Å²) in [5, 5.41) is 10.1. The third kappa shape index (κ3) is 2.91. The number of nitrogens with zero attached hydrogens (tertiary/aromatic N) is 1. The number of hydrogen-bond acceptors (Lipinski definition) is 4. The first kappa shape index (κ1) is 19.1. The number of phenolic OH excluding ortho intramolecular Hbond substituents is 1. The normalized spacial score (nSPS) is 15.5. The van der Waals surface area contributed by atoms with Crippen molar-refractivity contribution in [1.29, 1.82) is 0 Å². The van der Waals surface area contributed by atoms with Crippen LogP contribution in [-0.2, 0) is 0 Å². The van der Waals surface area contributed by atoms with Gasteiger partial charge in [-0.05, 0) is 79.1 Å². The summed E-state index contributed by atoms with van der Waals surface area (Å²) in [5.74, 6) is -0.863. The minimum atomic E-state index is -0.768. The third-order valence-corrected chi connectivity index (χ3v) is 5.80. The fourth-order valence-electron chi connectivity index (χ4n) is 4.07. The minimum absolute atomic E-state index is 0.0249. The molecule has 0 aliphatic carbocycles. The van der Waals surface area contributed by atoms with E-state index in [-0.39, 0.29) is 22.5 Å². The van der Waals surface area contributed by atoms with Gasteiger partial charge < -0.3 is 9.52 Å². The Morgan fingerprint density at radius 2 is 1.58 bits per heavy atom. The molecule has 2 heterocycles. The SMILES string of the molecule is Cc1cc2oc3c(c(=O)c2cc1C)C(c1ccc(O)cc1)N(c1ccc(F)cc1)C3=O. The van der Waals surface area contributed by atoms with E-state index in [1.165, 1.54) is 41.3 Å². The molecule has 0 saturated carbocycles. The van der Waals surface area contributed by atoms with Gasteiger partial charge in [-0.2, -0.15) is 0 Å². The van der Waals surface area contributed by atoms with Crippen LogP contribution in [0.15, 0.2) is 69.9 Å². The van der Waals surface area contributed by atoms with Gasteiger partial charge in [0.25, 0.3) is 5.91 Å². The first-order chi connectivity index (χ1) is 14.8. The van der Waals surface area contributed by atoms with Crippen LogP contribution in [-0.4, -0.2) is 11.0 Å². The van der Waals surface area contributed by atoms with E-state index in [0.29, 0.717) is 22.2 Å². The smallest absolute Gasteiger partial charge is 0.295 e. The van der Waals surface area contributed by atoms with Crippen LogP contribution in [0, 0.1) is 19.7 Å². The molecule has 0 bridgehead atoms. The summed E-state index contributed by atoms with van der Waals surface area (Å²) < 4.78 is 19.5. The first-order valence-electron chi connectivity index (χ1n) is 9.81. The quantitative estimate of drug-likeness (QED) is 0.500. The molecule has 4 aromatic rings. The first-order valence-corrected chi connectivity index (χ1v) is 9.81. The van der Waals surface area contributed by atoms with E-state index in [4.69, 9.17) is 4.42 Å². The molecule has 31 heavy (non-hydrogen) atoms. The molecule has 1 aromatic heterocycles. The highest BCUT2D eigenvalue weighted by molar-refractivity contribution is 6.10. The predicted octanol–water partition coefficient (Wildman–Crippen LogP) is 5.00. The molecule has 5 nitrogen and oxygen atoms in total. The fraction of sp³-hybridized carbons (Fsp3) is 0.120. The Balaban J connectivity index is 1.82. The summed E-state index contributed by atoms with van der Waals surface area (Å²) >= 11 is 0. The number of aromatic hydroxyl groups is 1. The Bertz CT molecular complexity index is 1410. The average Bonchev–Trinajstić information content (AvgIpc) is 3.04. The van der Waals surface area contributed by atoms with Gasteiger partial charge in [0.05, 0.1) is 17.0 Å². The predicted molar refractivity (Wildman–Crippen MR) is 115 cm³/mol. The highest BCUT2D eigenvalue weighted by Crippen LogP contribution is 2.41. The number of rotatable bonds is 2. The molecule has 1 aliphatic heterocycles. The van der Waals surface area contributed by atoms with E-state index in [0.717, 1.165) is 11.1 Å². The summed E-state index contributed by atoms with van der Waals surface area (Å²) in [6.45, 7) is 3.82. The number of carbonyl (C=O) groups excluding carboxylic acids is 1. The summed E-state index contributed by atoms with van der Waals surface area (Å²) in [6, 6.07) is 14.6. The van der Waals surface area contributed by atoms with E-state index >= 15 is 0 Å². The molecule has 1 amide bonds. The van der Waals surface area contributed by atoms with Crippen LogP contribution in [0.2, 0.25) is 0 Å². The van der Waals surface area contributed by atoms with Crippen molar-refractivity contribution in [3.05, 3.63) is 105 Å². The lowest BCUT2D eigenvalue weighted by Crippen LogP contribution is -2.29. The fourth-order valence-corrected chi connectivity index (χ4v) is 4.07. The molecule has 1 atom stereocenters. The van der Waals surface area contributed by atoms with Gasteiger partial charge in [0.2, 0.25) is 5.76 Å². The molecule has 6 heteroatoms. The third-order valence-electron chi connectivity index (χ3n) is 5.80. The van der Waals surface area contributed by atoms with E-state index in [2.05, 4.69) is 0 Å². The number of hydrogen-bond donors (Lipinski definition) is 1. The van der Waals surface area contributed by atoms with E-state index < -0.39 is 17.8 Å². The molecular weight excluding hydrogens is 397 g/mol. The maximum atomic E-state index is 13.6.